The van der Waals surface area contributed by atoms with Gasteiger partial charge in [0.05, 0.1) is 16.0 Å². The van der Waals surface area contributed by atoms with E-state index >= 15 is 0 Å². The number of nitrogens with zero attached hydrogens (tertiary/aromatic N) is 2. The third-order valence-corrected chi connectivity index (χ3v) is 2.37. The lowest BCUT2D eigenvalue weighted by Gasteiger charge is -2.24. The first kappa shape index (κ1) is 15.6. The monoisotopic (exact) mass is 280 g/mol. The molecule has 1 aromatic carbocycles. The third-order valence-electron chi connectivity index (χ3n) is 2.37. The Hall–Kier alpha value is -2.44. The molecule has 0 aliphatic carbocycles. The van der Waals surface area contributed by atoms with Crippen LogP contribution in [0, 0.1) is 15.5 Å². The van der Waals surface area contributed by atoms with Gasteiger partial charge in [-0.15, -0.1) is 5.06 Å². The van der Waals surface area contributed by atoms with Gasteiger partial charge in [0, 0.05) is 19.1 Å². The number of amides is 1. The average molecular weight is 280 g/mol. The lowest BCUT2D eigenvalue weighted by molar-refractivity contribution is -0.384. The fourth-order valence-corrected chi connectivity index (χ4v) is 1.23. The zero-order valence-corrected chi connectivity index (χ0v) is 11.7. The summed E-state index contributed by atoms with van der Waals surface area (Å²) in [4.78, 5) is 38.4. The Morgan fingerprint density at radius 2 is 1.70 bits per heavy atom. The molecule has 1 rings (SSSR count). The zero-order chi connectivity index (χ0) is 15.5. The second kappa shape index (κ2) is 5.68. The molecule has 0 saturated carbocycles. The molecule has 0 atom stereocenters. The van der Waals surface area contributed by atoms with Crippen molar-refractivity contribution in [2.45, 2.75) is 27.7 Å². The summed E-state index contributed by atoms with van der Waals surface area (Å²) in [6.07, 6.45) is 0. The molecule has 0 aromatic heterocycles. The summed E-state index contributed by atoms with van der Waals surface area (Å²) in [6.45, 7) is 6.20. The summed E-state index contributed by atoms with van der Waals surface area (Å²) in [5.41, 5.74) is -0.630. The van der Waals surface area contributed by atoms with Crippen LogP contribution in [-0.2, 0) is 14.4 Å². The fraction of sp³-hybridized carbons (Fsp3) is 0.385. The van der Waals surface area contributed by atoms with Crippen molar-refractivity contribution in [3.8, 4) is 0 Å². The maximum Gasteiger partial charge on any atom is 0.338 e. The minimum atomic E-state index is -0.769. The van der Waals surface area contributed by atoms with E-state index in [1.54, 1.807) is 20.8 Å². The number of carbonyl (C=O) groups is 2. The van der Waals surface area contributed by atoms with E-state index in [4.69, 9.17) is 4.84 Å². The number of benzene rings is 1. The van der Waals surface area contributed by atoms with Crippen molar-refractivity contribution in [3.05, 3.63) is 34.4 Å². The number of nitro groups is 1. The van der Waals surface area contributed by atoms with Crippen molar-refractivity contribution < 1.29 is 19.3 Å². The van der Waals surface area contributed by atoms with Crippen molar-refractivity contribution >= 4 is 23.3 Å². The fourth-order valence-electron chi connectivity index (χ4n) is 1.23. The maximum absolute atomic E-state index is 11.8. The highest BCUT2D eigenvalue weighted by atomic mass is 16.7. The number of anilines is 1. The van der Waals surface area contributed by atoms with E-state index in [9.17, 15) is 19.7 Å². The van der Waals surface area contributed by atoms with Crippen molar-refractivity contribution in [2.75, 3.05) is 5.06 Å². The Labute approximate surface area is 116 Å². The van der Waals surface area contributed by atoms with Gasteiger partial charge < -0.3 is 4.84 Å². The SMILES string of the molecule is CC(=O)N(OC(=O)C(C)(C)C)c1ccc([N+](=O)[O-])cc1. The highest BCUT2D eigenvalue weighted by molar-refractivity contribution is 5.92. The van der Waals surface area contributed by atoms with Crippen LogP contribution in [0.15, 0.2) is 24.3 Å². The number of hydrogen-bond donors (Lipinski definition) is 0. The highest BCUT2D eigenvalue weighted by Gasteiger charge is 2.28. The molecule has 0 fully saturated rings. The quantitative estimate of drug-likeness (QED) is 0.613. The van der Waals surface area contributed by atoms with Crippen LogP contribution in [-0.4, -0.2) is 16.8 Å². The minimum Gasteiger partial charge on any atom is -0.333 e. The van der Waals surface area contributed by atoms with Crippen LogP contribution in [0.4, 0.5) is 11.4 Å². The Bertz CT molecular complexity index is 531. The molecule has 1 amide bonds. The lowest BCUT2D eigenvalue weighted by atomic mass is 9.98. The van der Waals surface area contributed by atoms with Gasteiger partial charge in [-0.3, -0.25) is 14.9 Å². The number of carbonyl (C=O) groups excluding carboxylic acids is 2. The van der Waals surface area contributed by atoms with Gasteiger partial charge in [-0.25, -0.2) is 4.79 Å². The minimum absolute atomic E-state index is 0.112. The summed E-state index contributed by atoms with van der Waals surface area (Å²) in [7, 11) is 0. The molecule has 0 N–H and O–H groups in total. The van der Waals surface area contributed by atoms with E-state index in [0.717, 1.165) is 5.06 Å². The molecule has 0 aliphatic heterocycles. The Morgan fingerprint density at radius 1 is 1.20 bits per heavy atom. The Balaban J connectivity index is 3.00. The van der Waals surface area contributed by atoms with Crippen LogP contribution < -0.4 is 5.06 Å². The van der Waals surface area contributed by atoms with Crippen LogP contribution in [0.25, 0.3) is 0 Å². The van der Waals surface area contributed by atoms with Gasteiger partial charge in [0.15, 0.2) is 0 Å². The van der Waals surface area contributed by atoms with Gasteiger partial charge >= 0.3 is 5.97 Å². The molecule has 0 saturated heterocycles. The molecule has 0 bridgehead atoms. The van der Waals surface area contributed by atoms with Gasteiger partial charge in [0.1, 0.15) is 0 Å². The molecule has 0 radical (unpaired) electrons. The molecule has 1 aromatic rings. The summed E-state index contributed by atoms with van der Waals surface area (Å²) < 4.78 is 0. The van der Waals surface area contributed by atoms with Crippen LogP contribution in [0.5, 0.6) is 0 Å². The van der Waals surface area contributed by atoms with Crippen LogP contribution in [0.1, 0.15) is 27.7 Å². The number of hydrogen-bond acceptors (Lipinski definition) is 5. The number of non-ortho nitro benzene ring substituents is 1. The number of nitro benzene ring substituents is 1. The molecule has 108 valence electrons. The predicted molar refractivity (Wildman–Crippen MR) is 71.8 cm³/mol. The van der Waals surface area contributed by atoms with E-state index in [0.29, 0.717) is 0 Å². The first-order chi connectivity index (χ1) is 9.12. The van der Waals surface area contributed by atoms with Gasteiger partial charge in [0.2, 0.25) is 0 Å². The largest absolute Gasteiger partial charge is 0.338 e. The zero-order valence-electron chi connectivity index (χ0n) is 11.7. The normalized spacial score (nSPS) is 10.8. The Morgan fingerprint density at radius 3 is 2.05 bits per heavy atom. The Kier molecular flexibility index (Phi) is 4.44. The molecular formula is C13H16N2O5. The van der Waals surface area contributed by atoms with E-state index in [1.807, 2.05) is 0 Å². The van der Waals surface area contributed by atoms with E-state index in [-0.39, 0.29) is 11.4 Å². The van der Waals surface area contributed by atoms with Crippen LogP contribution >= 0.6 is 0 Å². The lowest BCUT2D eigenvalue weighted by Crippen LogP contribution is -2.36. The molecular weight excluding hydrogens is 264 g/mol. The van der Waals surface area contributed by atoms with Crippen molar-refractivity contribution in [2.24, 2.45) is 5.41 Å². The van der Waals surface area contributed by atoms with Gasteiger partial charge in [0.25, 0.3) is 11.6 Å². The van der Waals surface area contributed by atoms with E-state index in [1.165, 1.54) is 31.2 Å². The second-order valence-electron chi connectivity index (χ2n) is 5.22. The van der Waals surface area contributed by atoms with Crippen molar-refractivity contribution in [1.82, 2.24) is 0 Å². The first-order valence-electron chi connectivity index (χ1n) is 5.90. The summed E-state index contributed by atoms with van der Waals surface area (Å²) in [6, 6.07) is 5.15. The summed E-state index contributed by atoms with van der Waals surface area (Å²) >= 11 is 0. The van der Waals surface area contributed by atoms with Crippen LogP contribution in [0.2, 0.25) is 0 Å². The molecule has 0 aliphatic rings. The first-order valence-corrected chi connectivity index (χ1v) is 5.90. The maximum atomic E-state index is 11.8. The standard InChI is InChI=1S/C13H16N2O5/c1-9(16)14(20-12(17)13(2,3)4)10-5-7-11(8-6-10)15(18)19/h5-8H,1-4H3. The van der Waals surface area contributed by atoms with E-state index in [2.05, 4.69) is 0 Å². The molecule has 20 heavy (non-hydrogen) atoms. The van der Waals surface area contributed by atoms with Crippen molar-refractivity contribution in [3.63, 3.8) is 0 Å². The molecule has 0 unspecified atom stereocenters. The van der Waals surface area contributed by atoms with Gasteiger partial charge in [-0.1, -0.05) is 0 Å². The van der Waals surface area contributed by atoms with Crippen LogP contribution in [0.3, 0.4) is 0 Å². The third kappa shape index (κ3) is 3.78. The predicted octanol–water partition coefficient (Wildman–Crippen LogP) is 2.45. The number of hydroxylamine groups is 1. The molecule has 0 spiro atoms. The van der Waals surface area contributed by atoms with Crippen molar-refractivity contribution in [1.29, 1.82) is 0 Å². The van der Waals surface area contributed by atoms with Gasteiger partial charge in [-0.05, 0) is 32.9 Å². The van der Waals surface area contributed by atoms with Gasteiger partial charge in [-0.2, -0.15) is 0 Å². The smallest absolute Gasteiger partial charge is 0.333 e. The molecule has 7 nitrogen and oxygen atoms in total. The summed E-state index contributed by atoms with van der Waals surface area (Å²) in [5, 5.41) is 11.4. The highest BCUT2D eigenvalue weighted by Crippen LogP contribution is 2.23. The molecule has 0 heterocycles. The average Bonchev–Trinajstić information content (AvgIpc) is 2.34. The summed E-state index contributed by atoms with van der Waals surface area (Å²) in [5.74, 6) is -1.08. The topological polar surface area (TPSA) is 89.8 Å². The second-order valence-corrected chi connectivity index (χ2v) is 5.22. The van der Waals surface area contributed by atoms with E-state index < -0.39 is 22.2 Å². The number of rotatable bonds is 2. The molecule has 7 heteroatoms.